The van der Waals surface area contributed by atoms with Crippen molar-refractivity contribution in [2.75, 3.05) is 13.2 Å². The molecule has 5 heteroatoms. The lowest BCUT2D eigenvalue weighted by Gasteiger charge is -2.23. The van der Waals surface area contributed by atoms with Gasteiger partial charge in [-0.15, -0.1) is 0 Å². The minimum absolute atomic E-state index is 0.121. The number of rotatable bonds is 3. The molecule has 0 unspecified atom stereocenters. The fourth-order valence-electron chi connectivity index (χ4n) is 2.86. The Bertz CT molecular complexity index is 721. The summed E-state index contributed by atoms with van der Waals surface area (Å²) < 4.78 is 27.1. The molecule has 0 saturated carbocycles. The Balaban J connectivity index is 2.14. The predicted octanol–water partition coefficient (Wildman–Crippen LogP) is 1.99. The molecule has 0 amide bonds. The van der Waals surface area contributed by atoms with Crippen LogP contribution in [0.5, 0.6) is 0 Å². The van der Waals surface area contributed by atoms with E-state index in [1.165, 1.54) is 4.31 Å². The normalized spacial score (nSPS) is 20.6. The Hall–Kier alpha value is -1.43. The van der Waals surface area contributed by atoms with E-state index in [4.69, 9.17) is 0 Å². The molecule has 0 spiro atoms. The highest BCUT2D eigenvalue weighted by Crippen LogP contribution is 2.30. The van der Waals surface area contributed by atoms with Crippen molar-refractivity contribution in [2.45, 2.75) is 23.8 Å². The number of benzene rings is 2. The van der Waals surface area contributed by atoms with Gasteiger partial charge in [-0.3, -0.25) is 0 Å². The van der Waals surface area contributed by atoms with Crippen molar-refractivity contribution in [1.29, 1.82) is 0 Å². The third kappa shape index (κ3) is 2.12. The summed E-state index contributed by atoms with van der Waals surface area (Å²) in [4.78, 5) is 0.330. The Kier molecular flexibility index (Phi) is 3.50. The van der Waals surface area contributed by atoms with Crippen LogP contribution in [0.2, 0.25) is 0 Å². The van der Waals surface area contributed by atoms with Crippen LogP contribution in [0.4, 0.5) is 0 Å². The first kappa shape index (κ1) is 13.5. The van der Waals surface area contributed by atoms with Gasteiger partial charge in [0.25, 0.3) is 0 Å². The van der Waals surface area contributed by atoms with Crippen molar-refractivity contribution in [2.24, 2.45) is 0 Å². The summed E-state index contributed by atoms with van der Waals surface area (Å²) in [6, 6.07) is 12.5. The molecule has 106 valence electrons. The molecule has 0 radical (unpaired) electrons. The summed E-state index contributed by atoms with van der Waals surface area (Å²) in [6.45, 7) is 0.362. The SMILES string of the molecule is O=S(=O)(c1cccc2ccccc12)N1CCC[C@H]1CO. The number of fused-ring (bicyclic) bond motifs is 1. The molecule has 1 aliphatic rings. The summed E-state index contributed by atoms with van der Waals surface area (Å²) in [5.41, 5.74) is 0. The molecule has 4 nitrogen and oxygen atoms in total. The third-order valence-electron chi connectivity index (χ3n) is 3.87. The number of hydrogen-bond donors (Lipinski definition) is 1. The van der Waals surface area contributed by atoms with Gasteiger partial charge >= 0.3 is 0 Å². The van der Waals surface area contributed by atoms with Gasteiger partial charge < -0.3 is 5.11 Å². The van der Waals surface area contributed by atoms with E-state index in [2.05, 4.69) is 0 Å². The van der Waals surface area contributed by atoms with Gasteiger partial charge in [0.15, 0.2) is 0 Å². The molecule has 1 heterocycles. The van der Waals surface area contributed by atoms with Crippen LogP contribution in [0, 0.1) is 0 Å². The van der Waals surface area contributed by atoms with E-state index in [0.29, 0.717) is 11.4 Å². The van der Waals surface area contributed by atoms with E-state index in [1.54, 1.807) is 12.1 Å². The van der Waals surface area contributed by atoms with Crippen molar-refractivity contribution in [3.05, 3.63) is 42.5 Å². The molecule has 20 heavy (non-hydrogen) atoms. The molecular formula is C15H17NO3S. The smallest absolute Gasteiger partial charge is 0.244 e. The molecular weight excluding hydrogens is 274 g/mol. The summed E-state index contributed by atoms with van der Waals surface area (Å²) in [7, 11) is -3.55. The van der Waals surface area contributed by atoms with Gasteiger partial charge in [-0.2, -0.15) is 4.31 Å². The first-order valence-electron chi connectivity index (χ1n) is 6.75. The predicted molar refractivity (Wildman–Crippen MR) is 77.9 cm³/mol. The Morgan fingerprint density at radius 3 is 2.70 bits per heavy atom. The number of aliphatic hydroxyl groups excluding tert-OH is 1. The lowest BCUT2D eigenvalue weighted by atomic mass is 10.1. The van der Waals surface area contributed by atoms with E-state index in [1.807, 2.05) is 30.3 Å². The highest BCUT2D eigenvalue weighted by Gasteiger charge is 2.35. The number of nitrogens with zero attached hydrogens (tertiary/aromatic N) is 1. The molecule has 2 aromatic rings. The lowest BCUT2D eigenvalue weighted by molar-refractivity contribution is 0.213. The zero-order valence-electron chi connectivity index (χ0n) is 11.1. The fourth-order valence-corrected chi connectivity index (χ4v) is 4.76. The number of aliphatic hydroxyl groups is 1. The molecule has 1 saturated heterocycles. The van der Waals surface area contributed by atoms with Crippen molar-refractivity contribution >= 4 is 20.8 Å². The molecule has 0 aliphatic carbocycles. The molecule has 0 aromatic heterocycles. The van der Waals surface area contributed by atoms with Crippen molar-refractivity contribution < 1.29 is 13.5 Å². The van der Waals surface area contributed by atoms with Crippen molar-refractivity contribution in [3.63, 3.8) is 0 Å². The van der Waals surface area contributed by atoms with Crippen LogP contribution in [0.25, 0.3) is 10.8 Å². The Morgan fingerprint density at radius 2 is 1.90 bits per heavy atom. The lowest BCUT2D eigenvalue weighted by Crippen LogP contribution is -2.37. The molecule has 0 bridgehead atoms. The van der Waals surface area contributed by atoms with Crippen LogP contribution >= 0.6 is 0 Å². The standard InChI is InChI=1S/C15H17NO3S/c17-11-13-7-4-10-16(13)20(18,19)15-9-3-6-12-5-1-2-8-14(12)15/h1-3,5-6,8-9,13,17H,4,7,10-11H2/t13-/m0/s1. The van der Waals surface area contributed by atoms with Crippen LogP contribution in [-0.4, -0.2) is 37.0 Å². The van der Waals surface area contributed by atoms with Gasteiger partial charge in [0.2, 0.25) is 10.0 Å². The maximum atomic E-state index is 12.8. The zero-order chi connectivity index (χ0) is 14.2. The van der Waals surface area contributed by atoms with Gasteiger partial charge in [0, 0.05) is 18.0 Å². The van der Waals surface area contributed by atoms with Gasteiger partial charge in [-0.05, 0) is 24.3 Å². The van der Waals surface area contributed by atoms with Crippen molar-refractivity contribution in [1.82, 2.24) is 4.31 Å². The highest BCUT2D eigenvalue weighted by atomic mass is 32.2. The quantitative estimate of drug-likeness (QED) is 0.941. The maximum absolute atomic E-state index is 12.8. The topological polar surface area (TPSA) is 57.6 Å². The summed E-state index contributed by atoms with van der Waals surface area (Å²) in [5, 5.41) is 11.0. The van der Waals surface area contributed by atoms with E-state index < -0.39 is 10.0 Å². The van der Waals surface area contributed by atoms with Crippen LogP contribution in [0.3, 0.4) is 0 Å². The molecule has 2 aromatic carbocycles. The first-order chi connectivity index (χ1) is 9.64. The monoisotopic (exact) mass is 291 g/mol. The van der Waals surface area contributed by atoms with Gasteiger partial charge in [0.05, 0.1) is 11.5 Å². The van der Waals surface area contributed by atoms with E-state index in [9.17, 15) is 13.5 Å². The number of sulfonamides is 1. The minimum atomic E-state index is -3.55. The van der Waals surface area contributed by atoms with E-state index in [0.717, 1.165) is 23.6 Å². The highest BCUT2D eigenvalue weighted by molar-refractivity contribution is 7.89. The van der Waals surface area contributed by atoms with Crippen LogP contribution in [0.1, 0.15) is 12.8 Å². The zero-order valence-corrected chi connectivity index (χ0v) is 11.9. The second-order valence-corrected chi connectivity index (χ2v) is 6.93. The largest absolute Gasteiger partial charge is 0.395 e. The third-order valence-corrected chi connectivity index (χ3v) is 5.88. The second kappa shape index (κ2) is 5.16. The Morgan fingerprint density at radius 1 is 1.15 bits per heavy atom. The first-order valence-corrected chi connectivity index (χ1v) is 8.19. The van der Waals surface area contributed by atoms with Gasteiger partial charge in [0.1, 0.15) is 0 Å². The van der Waals surface area contributed by atoms with Crippen molar-refractivity contribution in [3.8, 4) is 0 Å². The van der Waals surface area contributed by atoms with Crippen LogP contribution in [-0.2, 0) is 10.0 Å². The maximum Gasteiger partial charge on any atom is 0.244 e. The van der Waals surface area contributed by atoms with Crippen LogP contribution < -0.4 is 0 Å². The summed E-state index contributed by atoms with van der Waals surface area (Å²) in [5.74, 6) is 0. The van der Waals surface area contributed by atoms with Gasteiger partial charge in [-0.1, -0.05) is 36.4 Å². The van der Waals surface area contributed by atoms with E-state index >= 15 is 0 Å². The van der Waals surface area contributed by atoms with E-state index in [-0.39, 0.29) is 12.6 Å². The molecule has 3 rings (SSSR count). The average molecular weight is 291 g/mol. The Labute approximate surface area is 118 Å². The molecule has 1 aliphatic heterocycles. The second-order valence-electron chi connectivity index (χ2n) is 5.07. The summed E-state index contributed by atoms with van der Waals surface area (Å²) >= 11 is 0. The fraction of sp³-hybridized carbons (Fsp3) is 0.333. The molecule has 1 atom stereocenters. The molecule has 1 N–H and O–H groups in total. The minimum Gasteiger partial charge on any atom is -0.395 e. The van der Waals surface area contributed by atoms with Gasteiger partial charge in [-0.25, -0.2) is 8.42 Å². The molecule has 1 fully saturated rings. The number of hydrogen-bond acceptors (Lipinski definition) is 3. The summed E-state index contributed by atoms with van der Waals surface area (Å²) in [6.07, 6.45) is 1.52. The van der Waals surface area contributed by atoms with Crippen LogP contribution in [0.15, 0.2) is 47.4 Å². The average Bonchev–Trinajstić information content (AvgIpc) is 2.96.